The molecule has 0 radical (unpaired) electrons. The van der Waals surface area contributed by atoms with E-state index in [1.54, 1.807) is 0 Å². The zero-order valence-corrected chi connectivity index (χ0v) is 17.0. The number of carbonyl (C=O) groups excluding carboxylic acids is 1. The Morgan fingerprint density at radius 1 is 1.30 bits per heavy atom. The molecule has 1 saturated carbocycles. The van der Waals surface area contributed by atoms with Crippen molar-refractivity contribution in [3.8, 4) is 0 Å². The number of rotatable bonds is 1. The van der Waals surface area contributed by atoms with Gasteiger partial charge in [-0.2, -0.15) is 0 Å². The van der Waals surface area contributed by atoms with E-state index in [0.29, 0.717) is 24.9 Å². The fourth-order valence-electron chi connectivity index (χ4n) is 6.38. The number of carbonyl (C=O) groups is 1. The molecule has 0 amide bonds. The van der Waals surface area contributed by atoms with Crippen LogP contribution >= 0.6 is 0 Å². The fourth-order valence-corrected chi connectivity index (χ4v) is 6.38. The second-order valence-electron chi connectivity index (χ2n) is 9.68. The van der Waals surface area contributed by atoms with Gasteiger partial charge in [0.05, 0.1) is 24.9 Å². The van der Waals surface area contributed by atoms with Crippen molar-refractivity contribution in [3.05, 3.63) is 12.2 Å². The molecule has 5 nitrogen and oxygen atoms in total. The standard InChI is InChI=1S/C22H34O5/c1-11-6-7-17(24)22(5)21-18-15(13(3)10-25-22)9-12(2)20(26-14(4)23)19(18)16(8-11)27-21/h12-13,15-21,24H,1,6-10H2,2-5H3/t12-,13+,15+,16+,17-,18+,19+,20-,21+,22+/m1/s1. The van der Waals surface area contributed by atoms with E-state index in [0.717, 1.165) is 24.8 Å². The molecule has 10 atom stereocenters. The van der Waals surface area contributed by atoms with Gasteiger partial charge in [-0.1, -0.05) is 26.0 Å². The Labute approximate surface area is 162 Å². The third-order valence-electron chi connectivity index (χ3n) is 7.80. The first-order chi connectivity index (χ1) is 12.7. The Bertz CT molecular complexity index is 618. The van der Waals surface area contributed by atoms with Gasteiger partial charge in [-0.15, -0.1) is 0 Å². The highest BCUT2D eigenvalue weighted by Crippen LogP contribution is 2.57. The summed E-state index contributed by atoms with van der Waals surface area (Å²) in [6.45, 7) is 12.8. The van der Waals surface area contributed by atoms with Crippen molar-refractivity contribution in [1.82, 2.24) is 0 Å². The number of esters is 1. The van der Waals surface area contributed by atoms with E-state index < -0.39 is 11.7 Å². The second-order valence-corrected chi connectivity index (χ2v) is 9.68. The second kappa shape index (κ2) is 6.85. The van der Waals surface area contributed by atoms with Gasteiger partial charge in [-0.25, -0.2) is 0 Å². The number of ether oxygens (including phenoxy) is 3. The summed E-state index contributed by atoms with van der Waals surface area (Å²) in [5, 5.41) is 11.1. The maximum Gasteiger partial charge on any atom is 0.302 e. The molecular weight excluding hydrogens is 344 g/mol. The summed E-state index contributed by atoms with van der Waals surface area (Å²) in [6, 6.07) is 0. The molecule has 5 heteroatoms. The topological polar surface area (TPSA) is 65.0 Å². The molecule has 1 N–H and O–H groups in total. The quantitative estimate of drug-likeness (QED) is 0.561. The van der Waals surface area contributed by atoms with E-state index in [1.165, 1.54) is 6.92 Å². The van der Waals surface area contributed by atoms with Crippen LogP contribution in [0.5, 0.6) is 0 Å². The van der Waals surface area contributed by atoms with Crippen LogP contribution in [0.3, 0.4) is 0 Å². The lowest BCUT2D eigenvalue weighted by Crippen LogP contribution is -2.56. The van der Waals surface area contributed by atoms with E-state index in [9.17, 15) is 9.90 Å². The van der Waals surface area contributed by atoms with Gasteiger partial charge in [-0.05, 0) is 50.4 Å². The molecule has 152 valence electrons. The molecule has 4 fully saturated rings. The SMILES string of the molecule is C=C1CC[C@@H](O)[C@]2(C)OC[C@H](C)[C@@H]3C[C@@H](C)[C@@H](OC(C)=O)[C@@H]4[C@H]3[C@@H]2O[C@H]4C1. The lowest BCUT2D eigenvalue weighted by molar-refractivity contribution is -0.184. The normalized spacial score (nSPS) is 52.3. The van der Waals surface area contributed by atoms with Crippen LogP contribution in [0.15, 0.2) is 12.2 Å². The van der Waals surface area contributed by atoms with Crippen LogP contribution in [0.25, 0.3) is 0 Å². The third kappa shape index (κ3) is 3.06. The molecule has 0 aromatic carbocycles. The Kier molecular flexibility index (Phi) is 4.93. The highest BCUT2D eigenvalue weighted by Gasteiger charge is 2.64. The Balaban J connectivity index is 1.81. The molecule has 4 rings (SSSR count). The number of aliphatic hydroxyl groups excluding tert-OH is 1. The van der Waals surface area contributed by atoms with Crippen LogP contribution in [0.4, 0.5) is 0 Å². The fraction of sp³-hybridized carbons (Fsp3) is 0.864. The van der Waals surface area contributed by atoms with Crippen molar-refractivity contribution >= 4 is 5.97 Å². The van der Waals surface area contributed by atoms with E-state index in [1.807, 2.05) is 6.92 Å². The van der Waals surface area contributed by atoms with E-state index in [2.05, 4.69) is 20.4 Å². The maximum atomic E-state index is 11.9. The van der Waals surface area contributed by atoms with Crippen LogP contribution in [0, 0.1) is 29.6 Å². The van der Waals surface area contributed by atoms with E-state index in [4.69, 9.17) is 14.2 Å². The van der Waals surface area contributed by atoms with Crippen LogP contribution in [0.1, 0.15) is 53.4 Å². The van der Waals surface area contributed by atoms with Crippen molar-refractivity contribution in [2.24, 2.45) is 29.6 Å². The van der Waals surface area contributed by atoms with Crippen LogP contribution in [0.2, 0.25) is 0 Å². The molecule has 2 bridgehead atoms. The van der Waals surface area contributed by atoms with Crippen molar-refractivity contribution in [2.45, 2.75) is 83.4 Å². The zero-order valence-electron chi connectivity index (χ0n) is 17.0. The number of fused-ring (bicyclic) bond motifs is 2. The first-order valence-corrected chi connectivity index (χ1v) is 10.5. The Hall–Kier alpha value is -0.910. The first-order valence-electron chi connectivity index (χ1n) is 10.5. The minimum Gasteiger partial charge on any atom is -0.462 e. The lowest BCUT2D eigenvalue weighted by atomic mass is 9.59. The predicted molar refractivity (Wildman–Crippen MR) is 101 cm³/mol. The van der Waals surface area contributed by atoms with Crippen LogP contribution in [-0.2, 0) is 19.0 Å². The van der Waals surface area contributed by atoms with Crippen molar-refractivity contribution < 1.29 is 24.1 Å². The molecule has 0 aromatic heterocycles. The van der Waals surface area contributed by atoms with Crippen molar-refractivity contribution in [2.75, 3.05) is 6.61 Å². The number of hydrogen-bond donors (Lipinski definition) is 1. The largest absolute Gasteiger partial charge is 0.462 e. The Morgan fingerprint density at radius 2 is 2.04 bits per heavy atom. The summed E-state index contributed by atoms with van der Waals surface area (Å²) in [4.78, 5) is 11.9. The molecule has 1 aliphatic carbocycles. The summed E-state index contributed by atoms with van der Waals surface area (Å²) >= 11 is 0. The molecule has 3 aliphatic heterocycles. The van der Waals surface area contributed by atoms with Gasteiger partial charge in [0, 0.05) is 18.8 Å². The molecule has 4 aliphatic rings. The monoisotopic (exact) mass is 378 g/mol. The van der Waals surface area contributed by atoms with Gasteiger partial charge < -0.3 is 19.3 Å². The molecule has 0 aromatic rings. The van der Waals surface area contributed by atoms with Gasteiger partial charge in [0.25, 0.3) is 0 Å². The van der Waals surface area contributed by atoms with Crippen molar-refractivity contribution in [1.29, 1.82) is 0 Å². The summed E-state index contributed by atoms with van der Waals surface area (Å²) in [7, 11) is 0. The minimum atomic E-state index is -0.730. The average molecular weight is 379 g/mol. The third-order valence-corrected chi connectivity index (χ3v) is 7.80. The molecular formula is C22H34O5. The van der Waals surface area contributed by atoms with E-state index >= 15 is 0 Å². The van der Waals surface area contributed by atoms with Gasteiger partial charge >= 0.3 is 5.97 Å². The molecule has 0 unspecified atom stereocenters. The zero-order chi connectivity index (χ0) is 19.5. The van der Waals surface area contributed by atoms with Gasteiger partial charge in [0.1, 0.15) is 11.7 Å². The summed E-state index contributed by atoms with van der Waals surface area (Å²) < 4.78 is 18.9. The smallest absolute Gasteiger partial charge is 0.302 e. The highest BCUT2D eigenvalue weighted by molar-refractivity contribution is 5.66. The summed E-state index contributed by atoms with van der Waals surface area (Å²) in [5.74, 6) is 1.28. The lowest BCUT2D eigenvalue weighted by Gasteiger charge is -2.47. The number of aliphatic hydroxyl groups is 1. The van der Waals surface area contributed by atoms with Crippen LogP contribution < -0.4 is 0 Å². The Morgan fingerprint density at radius 3 is 2.74 bits per heavy atom. The molecule has 3 heterocycles. The van der Waals surface area contributed by atoms with Gasteiger partial charge in [0.15, 0.2) is 0 Å². The van der Waals surface area contributed by atoms with Gasteiger partial charge in [-0.3, -0.25) is 4.79 Å². The predicted octanol–water partition coefficient (Wildman–Crippen LogP) is 3.10. The summed E-state index contributed by atoms with van der Waals surface area (Å²) in [5.41, 5.74) is 0.374. The molecule has 27 heavy (non-hydrogen) atoms. The molecule has 0 spiro atoms. The highest BCUT2D eigenvalue weighted by atomic mass is 16.6. The van der Waals surface area contributed by atoms with Crippen LogP contribution in [-0.4, -0.2) is 47.7 Å². The van der Waals surface area contributed by atoms with Gasteiger partial charge in [0.2, 0.25) is 0 Å². The first kappa shape index (κ1) is 19.4. The minimum absolute atomic E-state index is 0.0272. The average Bonchev–Trinajstić information content (AvgIpc) is 2.95. The number of hydrogen-bond acceptors (Lipinski definition) is 5. The molecule has 3 saturated heterocycles. The maximum absolute atomic E-state index is 11.9. The van der Waals surface area contributed by atoms with E-state index in [-0.39, 0.29) is 42.0 Å². The van der Waals surface area contributed by atoms with Crippen molar-refractivity contribution in [3.63, 3.8) is 0 Å². The summed E-state index contributed by atoms with van der Waals surface area (Å²) in [6.07, 6.45) is 2.27.